The first-order valence-electron chi connectivity index (χ1n) is 12.6. The normalized spacial score (nSPS) is 24.1. The molecule has 5 heterocycles. The van der Waals surface area contributed by atoms with E-state index in [9.17, 15) is 9.59 Å². The number of piperidine rings is 1. The summed E-state index contributed by atoms with van der Waals surface area (Å²) in [7, 11) is 0. The molecule has 0 saturated carbocycles. The van der Waals surface area contributed by atoms with Gasteiger partial charge in [-0.25, -0.2) is 4.98 Å². The molecule has 8 nitrogen and oxygen atoms in total. The zero-order valence-corrected chi connectivity index (χ0v) is 19.2. The fraction of sp³-hybridized carbons (Fsp3) is 0.792. The van der Waals surface area contributed by atoms with Crippen LogP contribution < -0.4 is 5.56 Å². The summed E-state index contributed by atoms with van der Waals surface area (Å²) in [6, 6.07) is 0.647. The van der Waals surface area contributed by atoms with Crippen molar-refractivity contribution in [1.82, 2.24) is 24.7 Å². The number of amides is 1. The summed E-state index contributed by atoms with van der Waals surface area (Å²) in [5, 5.41) is 0. The predicted octanol–water partition coefficient (Wildman–Crippen LogP) is 1.50. The highest BCUT2D eigenvalue weighted by molar-refractivity contribution is 5.76. The average Bonchev–Trinajstić information content (AvgIpc) is 3.37. The van der Waals surface area contributed by atoms with Gasteiger partial charge in [0.05, 0.1) is 17.8 Å². The Hall–Kier alpha value is -1.77. The monoisotopic (exact) mass is 443 g/mol. The van der Waals surface area contributed by atoms with Crippen LogP contribution in [0.2, 0.25) is 0 Å². The number of hydrogen-bond donors (Lipinski definition) is 1. The molecule has 176 valence electrons. The van der Waals surface area contributed by atoms with Gasteiger partial charge in [-0.15, -0.1) is 0 Å². The Bertz CT molecular complexity index is 852. The van der Waals surface area contributed by atoms with E-state index in [0.29, 0.717) is 43.5 Å². The molecule has 0 unspecified atom stereocenters. The minimum atomic E-state index is -0.0473. The van der Waals surface area contributed by atoms with E-state index >= 15 is 0 Å². The van der Waals surface area contributed by atoms with E-state index < -0.39 is 0 Å². The van der Waals surface area contributed by atoms with Crippen LogP contribution >= 0.6 is 0 Å². The highest BCUT2D eigenvalue weighted by atomic mass is 16.5. The van der Waals surface area contributed by atoms with E-state index in [4.69, 9.17) is 9.72 Å². The van der Waals surface area contributed by atoms with Crippen molar-refractivity contribution in [2.45, 2.75) is 69.9 Å². The molecule has 0 spiro atoms. The van der Waals surface area contributed by atoms with Crippen molar-refractivity contribution in [3.63, 3.8) is 0 Å². The first-order chi connectivity index (χ1) is 15.7. The van der Waals surface area contributed by atoms with Gasteiger partial charge >= 0.3 is 0 Å². The average molecular weight is 444 g/mol. The third kappa shape index (κ3) is 4.92. The maximum absolute atomic E-state index is 12.9. The molecular formula is C24H37N5O3. The van der Waals surface area contributed by atoms with Crippen molar-refractivity contribution in [2.24, 2.45) is 0 Å². The Kier molecular flexibility index (Phi) is 6.90. The topological polar surface area (TPSA) is 81.8 Å². The van der Waals surface area contributed by atoms with Crippen LogP contribution in [-0.2, 0) is 22.5 Å². The lowest BCUT2D eigenvalue weighted by Gasteiger charge is -2.39. The number of ether oxygens (including phenoxy) is 1. The first-order valence-corrected chi connectivity index (χ1v) is 12.6. The van der Waals surface area contributed by atoms with Gasteiger partial charge in [0.1, 0.15) is 5.82 Å². The van der Waals surface area contributed by atoms with Crippen molar-refractivity contribution >= 4 is 5.91 Å². The third-order valence-corrected chi connectivity index (χ3v) is 7.90. The number of hydrogen-bond acceptors (Lipinski definition) is 6. The molecule has 0 aliphatic carbocycles. The molecule has 1 N–H and O–H groups in total. The molecule has 0 radical (unpaired) electrons. The van der Waals surface area contributed by atoms with Gasteiger partial charge in [-0.05, 0) is 64.7 Å². The van der Waals surface area contributed by atoms with Gasteiger partial charge in [-0.2, -0.15) is 0 Å². The lowest BCUT2D eigenvalue weighted by molar-refractivity contribution is -0.132. The number of rotatable bonds is 5. The molecule has 0 aromatic carbocycles. The summed E-state index contributed by atoms with van der Waals surface area (Å²) in [5.41, 5.74) is 1.54. The number of likely N-dealkylation sites (tertiary alicyclic amines) is 2. The van der Waals surface area contributed by atoms with E-state index in [1.165, 1.54) is 12.8 Å². The second-order valence-corrected chi connectivity index (χ2v) is 9.89. The summed E-state index contributed by atoms with van der Waals surface area (Å²) < 4.78 is 5.50. The molecule has 0 bridgehead atoms. The first kappa shape index (κ1) is 22.0. The van der Waals surface area contributed by atoms with E-state index in [1.54, 1.807) is 0 Å². The third-order valence-electron chi connectivity index (χ3n) is 7.90. The van der Waals surface area contributed by atoms with E-state index in [-0.39, 0.29) is 11.5 Å². The van der Waals surface area contributed by atoms with E-state index in [2.05, 4.69) is 14.8 Å². The lowest BCUT2D eigenvalue weighted by atomic mass is 9.93. The van der Waals surface area contributed by atoms with Gasteiger partial charge in [0.2, 0.25) is 5.91 Å². The van der Waals surface area contributed by atoms with Crippen LogP contribution in [0.3, 0.4) is 0 Å². The summed E-state index contributed by atoms with van der Waals surface area (Å²) in [6.07, 6.45) is 8.05. The summed E-state index contributed by atoms with van der Waals surface area (Å²) in [5.74, 6) is 1.34. The van der Waals surface area contributed by atoms with Gasteiger partial charge < -0.3 is 24.4 Å². The lowest BCUT2D eigenvalue weighted by Crippen LogP contribution is -2.44. The van der Waals surface area contributed by atoms with Crippen molar-refractivity contribution in [3.8, 4) is 0 Å². The van der Waals surface area contributed by atoms with E-state index in [0.717, 1.165) is 83.1 Å². The highest BCUT2D eigenvalue weighted by Gasteiger charge is 2.30. The van der Waals surface area contributed by atoms with Gasteiger partial charge in [0.25, 0.3) is 5.56 Å². The second kappa shape index (κ2) is 10.0. The highest BCUT2D eigenvalue weighted by Crippen LogP contribution is 2.29. The molecule has 1 amide bonds. The zero-order valence-electron chi connectivity index (χ0n) is 19.2. The van der Waals surface area contributed by atoms with Crippen molar-refractivity contribution in [1.29, 1.82) is 0 Å². The van der Waals surface area contributed by atoms with Crippen molar-refractivity contribution in [3.05, 3.63) is 27.4 Å². The van der Waals surface area contributed by atoms with Gasteiger partial charge in [0.15, 0.2) is 0 Å². The largest absolute Gasteiger partial charge is 0.381 e. The molecule has 4 aliphatic heterocycles. The Morgan fingerprint density at radius 2 is 1.78 bits per heavy atom. The zero-order chi connectivity index (χ0) is 21.9. The summed E-state index contributed by atoms with van der Waals surface area (Å²) in [6.45, 7) is 8.01. The van der Waals surface area contributed by atoms with Crippen molar-refractivity contribution in [2.75, 3.05) is 52.5 Å². The number of nitrogens with one attached hydrogen (secondary N) is 1. The number of H-pyrrole nitrogens is 1. The molecule has 32 heavy (non-hydrogen) atoms. The van der Waals surface area contributed by atoms with Crippen LogP contribution in [0.5, 0.6) is 0 Å². The van der Waals surface area contributed by atoms with Crippen LogP contribution in [0.25, 0.3) is 0 Å². The molecule has 5 rings (SSSR count). The minimum Gasteiger partial charge on any atom is -0.381 e. The number of aromatic nitrogens is 2. The minimum absolute atomic E-state index is 0.0473. The molecular weight excluding hydrogens is 406 g/mol. The fourth-order valence-electron chi connectivity index (χ4n) is 5.86. The summed E-state index contributed by atoms with van der Waals surface area (Å²) in [4.78, 5) is 40.4. The Morgan fingerprint density at radius 1 is 1.03 bits per heavy atom. The molecule has 8 heteroatoms. The molecule has 3 saturated heterocycles. The summed E-state index contributed by atoms with van der Waals surface area (Å²) >= 11 is 0. The molecule has 1 aromatic heterocycles. The van der Waals surface area contributed by atoms with Crippen LogP contribution in [0.4, 0.5) is 0 Å². The molecule has 3 fully saturated rings. The number of fused-ring (bicyclic) bond motifs is 1. The van der Waals surface area contributed by atoms with Crippen LogP contribution in [0, 0.1) is 0 Å². The smallest absolute Gasteiger partial charge is 0.256 e. The molecule has 1 aromatic rings. The fourth-order valence-corrected chi connectivity index (χ4v) is 5.86. The van der Waals surface area contributed by atoms with Crippen molar-refractivity contribution < 1.29 is 9.53 Å². The van der Waals surface area contributed by atoms with Crippen LogP contribution in [-0.4, -0.2) is 89.1 Å². The van der Waals surface area contributed by atoms with E-state index in [1.807, 2.05) is 4.90 Å². The molecule has 4 aliphatic rings. The molecule has 0 atom stereocenters. The SMILES string of the molecule is O=C(CCN1CCCC1)N1CCc2nc(C3CCN(C4CCOCC4)CC3)[nH]c(=O)c2C1. The quantitative estimate of drug-likeness (QED) is 0.743. The Balaban J connectivity index is 1.18. The number of aromatic amines is 1. The second-order valence-electron chi connectivity index (χ2n) is 9.89. The Labute approximate surface area is 190 Å². The van der Waals surface area contributed by atoms with Crippen LogP contribution in [0.15, 0.2) is 4.79 Å². The maximum atomic E-state index is 12.9. The number of nitrogens with zero attached hydrogens (tertiary/aromatic N) is 4. The predicted molar refractivity (Wildman–Crippen MR) is 122 cm³/mol. The number of carbonyl (C=O) groups excluding carboxylic acids is 1. The van der Waals surface area contributed by atoms with Gasteiger partial charge in [0, 0.05) is 51.1 Å². The van der Waals surface area contributed by atoms with Crippen LogP contribution in [0.1, 0.15) is 67.9 Å². The maximum Gasteiger partial charge on any atom is 0.256 e. The Morgan fingerprint density at radius 3 is 2.53 bits per heavy atom. The number of carbonyl (C=O) groups is 1. The van der Waals surface area contributed by atoms with Gasteiger partial charge in [-0.3, -0.25) is 9.59 Å². The van der Waals surface area contributed by atoms with Gasteiger partial charge in [-0.1, -0.05) is 0 Å². The standard InChI is InChI=1S/C24H37N5O3/c30-22(6-11-27-9-1-2-10-27)29-14-5-21-20(17-29)24(31)26-23(25-21)18-3-12-28(13-4-18)19-7-15-32-16-8-19/h18-19H,1-17H2,(H,25,26,31).